The van der Waals surface area contributed by atoms with E-state index in [1.807, 2.05) is 0 Å². The van der Waals surface area contributed by atoms with E-state index in [0.717, 1.165) is 0 Å². The summed E-state index contributed by atoms with van der Waals surface area (Å²) in [5, 5.41) is 0. The molecular formula is C14H15F18IO3S. The van der Waals surface area contributed by atoms with Gasteiger partial charge >= 0.3 is 160 Å². The van der Waals surface area contributed by atoms with E-state index in [1.165, 1.54) is 6.92 Å². The third-order valence-corrected chi connectivity index (χ3v) is 13.0. The number of alkyl halides is 16. The molecule has 37 heavy (non-hydrogen) atoms. The van der Waals surface area contributed by atoms with E-state index in [9.17, 15) is 72.9 Å². The minimum absolute atomic E-state index is 0.169. The molecule has 0 heterocycles. The fraction of sp³-hybridized carbons (Fsp3) is 1.00. The molecule has 0 radical (unpaired) electrons. The molecule has 3 nitrogen and oxygen atoms in total. The Labute approximate surface area is 196 Å². The molecule has 0 aromatic carbocycles. The second-order valence-corrected chi connectivity index (χ2v) is 18.1. The standard InChI is InChI=1S/C13H15F15I.CHF3O3S/c1-2-3-4-5-6-7-29(25,26,27,28)13(24)11(20,21)9(16,17)8(14,15)10(18,19)12(13,22)23;2-1(3,4)8(5,6)7/h2-7H2,1H3;(H,5,6,7)/q+1;/p-1. The van der Waals surface area contributed by atoms with Gasteiger partial charge in [-0.15, -0.1) is 0 Å². The van der Waals surface area contributed by atoms with Crippen molar-refractivity contribution in [1.29, 1.82) is 0 Å². The molecule has 1 rings (SSSR count). The van der Waals surface area contributed by atoms with Crippen LogP contribution in [0.15, 0.2) is 0 Å². The maximum absolute atomic E-state index is 14.4. The number of unbranched alkanes of at least 4 members (excludes halogenated alkanes) is 4. The smallest absolute Gasteiger partial charge is 0.485 e. The van der Waals surface area contributed by atoms with E-state index in [-0.39, 0.29) is 12.8 Å². The molecule has 1 aliphatic carbocycles. The van der Waals surface area contributed by atoms with Crippen LogP contribution in [-0.4, -0.2) is 56.2 Å². The average molecular weight is 732 g/mol. The van der Waals surface area contributed by atoms with Crippen LogP contribution in [0.25, 0.3) is 0 Å². The van der Waals surface area contributed by atoms with E-state index in [2.05, 4.69) is 0 Å². The van der Waals surface area contributed by atoms with Crippen molar-refractivity contribution in [1.82, 2.24) is 0 Å². The van der Waals surface area contributed by atoms with Gasteiger partial charge in [-0.2, -0.15) is 13.2 Å². The van der Waals surface area contributed by atoms with Crippen LogP contribution in [0.3, 0.4) is 0 Å². The molecule has 1 fully saturated rings. The Bertz CT molecular complexity index is 921. The van der Waals surface area contributed by atoms with Crippen molar-refractivity contribution in [3.05, 3.63) is 0 Å². The van der Waals surface area contributed by atoms with Gasteiger partial charge in [-0.3, -0.25) is 0 Å². The normalized spacial score (nSPS) is 25.7. The molecule has 23 heteroatoms. The number of hydrogen-bond donors (Lipinski definition) is 0. The minimum atomic E-state index is -12.9. The maximum atomic E-state index is 14.4. The molecule has 0 aromatic heterocycles. The van der Waals surface area contributed by atoms with Crippen LogP contribution in [0.1, 0.15) is 39.0 Å². The fourth-order valence-corrected chi connectivity index (χ4v) is 9.31. The van der Waals surface area contributed by atoms with Gasteiger partial charge in [0, 0.05) is 0 Å². The van der Waals surface area contributed by atoms with Crippen LogP contribution in [0, 0.1) is 0 Å². The van der Waals surface area contributed by atoms with Gasteiger partial charge in [0.1, 0.15) is 0 Å². The molecule has 1 saturated carbocycles. The third kappa shape index (κ3) is 5.16. The fourth-order valence-electron chi connectivity index (χ4n) is 2.81. The molecule has 228 valence electrons. The predicted octanol–water partition coefficient (Wildman–Crippen LogP) is 4.63. The van der Waals surface area contributed by atoms with E-state index in [1.54, 1.807) is 0 Å². The van der Waals surface area contributed by atoms with Gasteiger partial charge in [0.25, 0.3) is 0 Å². The van der Waals surface area contributed by atoms with Crippen LogP contribution in [-0.2, 0) is 10.1 Å². The van der Waals surface area contributed by atoms with Crippen LogP contribution >= 0.6 is 0 Å². The van der Waals surface area contributed by atoms with E-state index >= 15 is 0 Å². The molecule has 1 aliphatic rings. The molecule has 0 atom stereocenters. The zero-order valence-corrected chi connectivity index (χ0v) is 20.5. The first-order valence-corrected chi connectivity index (χ1v) is 16.4. The second kappa shape index (κ2) is 8.94. The van der Waals surface area contributed by atoms with E-state index < -0.39 is 84.1 Å². The van der Waals surface area contributed by atoms with Gasteiger partial charge in [-0.25, -0.2) is 8.42 Å². The predicted molar refractivity (Wildman–Crippen MR) is 82.4 cm³/mol. The molecule has 0 N–H and O–H groups in total. The summed E-state index contributed by atoms with van der Waals surface area (Å²) in [6, 6.07) is 0. The van der Waals surface area contributed by atoms with Crippen molar-refractivity contribution in [2.75, 3.05) is 4.43 Å². The Hall–Kier alpha value is -0.620. The van der Waals surface area contributed by atoms with Crippen molar-refractivity contribution in [3.63, 3.8) is 0 Å². The van der Waals surface area contributed by atoms with E-state index in [0.29, 0.717) is 6.42 Å². The Morgan fingerprint density at radius 2 is 0.892 bits per heavy atom. The largest absolute Gasteiger partial charge is 0.741 e. The zero-order valence-electron chi connectivity index (χ0n) is 17.6. The van der Waals surface area contributed by atoms with Crippen LogP contribution in [0.5, 0.6) is 0 Å². The SMILES string of the molecule is CCCCCCC[I+](F)(F)(F)(F)C1(F)C(F)(F)C(F)(F)C(F)(F)C(F)(F)C1(F)F.O=S(=O)([O-])C(F)(F)F. The Morgan fingerprint density at radius 3 is 1.16 bits per heavy atom. The third-order valence-electron chi connectivity index (χ3n) is 4.84. The van der Waals surface area contributed by atoms with Gasteiger partial charge in [0.05, 0.1) is 0 Å². The quantitative estimate of drug-likeness (QED) is 0.0959. The molecule has 0 aliphatic heterocycles. The summed E-state index contributed by atoms with van der Waals surface area (Å²) in [6.45, 7) is 1.53. The molecule has 0 unspecified atom stereocenters. The minimum Gasteiger partial charge on any atom is -0.741 e. The summed E-state index contributed by atoms with van der Waals surface area (Å²) in [5.41, 5.74) is -5.65. The first-order chi connectivity index (χ1) is 15.6. The number of halogens is 19. The summed E-state index contributed by atoms with van der Waals surface area (Å²) in [7, 11) is -6.09. The van der Waals surface area contributed by atoms with Crippen molar-refractivity contribution in [2.45, 2.75) is 77.8 Å². The first-order valence-electron chi connectivity index (χ1n) is 9.08. The average Bonchev–Trinajstić information content (AvgIpc) is 2.63. The van der Waals surface area contributed by atoms with Crippen molar-refractivity contribution < 1.29 is 104 Å². The summed E-state index contributed by atoms with van der Waals surface area (Å²) < 4.78 is 251. The molecule has 0 spiro atoms. The zero-order chi connectivity index (χ0) is 30.7. The Morgan fingerprint density at radius 1 is 0.622 bits per heavy atom. The molecular weight excluding hydrogens is 717 g/mol. The van der Waals surface area contributed by atoms with Gasteiger partial charge in [-0.1, -0.05) is 0 Å². The monoisotopic (exact) mass is 732 g/mol. The summed E-state index contributed by atoms with van der Waals surface area (Å²) in [5.74, 6) is -40.3. The van der Waals surface area contributed by atoms with E-state index in [4.69, 9.17) is 13.0 Å². The molecule has 0 amide bonds. The maximum Gasteiger partial charge on any atom is 0.485 e. The molecule has 0 saturated heterocycles. The van der Waals surface area contributed by atoms with Crippen molar-refractivity contribution in [2.24, 2.45) is 0 Å². The Kier molecular flexibility index (Phi) is 8.79. The van der Waals surface area contributed by atoms with Crippen molar-refractivity contribution >= 4 is 10.1 Å². The van der Waals surface area contributed by atoms with Gasteiger partial charge < -0.3 is 4.55 Å². The summed E-state index contributed by atoms with van der Waals surface area (Å²) in [6.07, 6.45) is -2.03. The van der Waals surface area contributed by atoms with Crippen LogP contribution in [0.4, 0.5) is 72.9 Å². The molecule has 0 bridgehead atoms. The molecule has 0 aromatic rings. The van der Waals surface area contributed by atoms with Gasteiger partial charge in [0.2, 0.25) is 0 Å². The summed E-state index contributed by atoms with van der Waals surface area (Å²) >= 11 is -12.9. The summed E-state index contributed by atoms with van der Waals surface area (Å²) in [4.78, 5) is 0. The number of rotatable bonds is 7. The number of hydrogen-bond acceptors (Lipinski definition) is 3. The van der Waals surface area contributed by atoms with Gasteiger partial charge in [0.15, 0.2) is 10.1 Å². The Balaban J connectivity index is 0.00000139. The topological polar surface area (TPSA) is 57.2 Å². The van der Waals surface area contributed by atoms with Gasteiger partial charge in [-0.05, 0) is 0 Å². The first kappa shape index (κ1) is 36.4. The van der Waals surface area contributed by atoms with Crippen LogP contribution < -0.4 is 18.0 Å². The second-order valence-electron chi connectivity index (χ2n) is 7.60. The van der Waals surface area contributed by atoms with Crippen molar-refractivity contribution in [3.8, 4) is 0 Å². The van der Waals surface area contributed by atoms with Crippen LogP contribution in [0.2, 0.25) is 0 Å².